The Kier molecular flexibility index (Phi) is 4.63. The van der Waals surface area contributed by atoms with Gasteiger partial charge in [0.1, 0.15) is 0 Å². The van der Waals surface area contributed by atoms with Crippen LogP contribution in [0.15, 0.2) is 46.9 Å². The van der Waals surface area contributed by atoms with E-state index >= 15 is 0 Å². The van der Waals surface area contributed by atoms with Crippen molar-refractivity contribution in [2.45, 2.75) is 6.18 Å². The Hall–Kier alpha value is -1.88. The predicted octanol–water partition coefficient (Wildman–Crippen LogP) is 5.45. The van der Waals surface area contributed by atoms with Gasteiger partial charge in [-0.05, 0) is 23.3 Å². The van der Waals surface area contributed by atoms with Crippen LogP contribution in [0.3, 0.4) is 0 Å². The van der Waals surface area contributed by atoms with Gasteiger partial charge < -0.3 is 0 Å². The number of hydrogen-bond donors (Lipinski definition) is 0. The number of benzene rings is 2. The first-order chi connectivity index (χ1) is 9.91. The lowest BCUT2D eigenvalue weighted by atomic mass is 10.0. The molecule has 108 valence electrons. The highest BCUT2D eigenvalue weighted by molar-refractivity contribution is 9.10. The average Bonchev–Trinajstić information content (AvgIpc) is 2.45. The highest BCUT2D eigenvalue weighted by Crippen LogP contribution is 2.34. The van der Waals surface area contributed by atoms with E-state index in [0.29, 0.717) is 11.8 Å². The van der Waals surface area contributed by atoms with Gasteiger partial charge in [0.05, 0.1) is 5.56 Å². The van der Waals surface area contributed by atoms with Crippen molar-refractivity contribution in [3.63, 3.8) is 0 Å². The lowest BCUT2D eigenvalue weighted by Gasteiger charge is -2.10. The van der Waals surface area contributed by atoms with E-state index in [0.717, 1.165) is 17.7 Å². The Morgan fingerprint density at radius 2 is 1.67 bits per heavy atom. The summed E-state index contributed by atoms with van der Waals surface area (Å²) in [5, 5.41) is 0. The molecule has 21 heavy (non-hydrogen) atoms. The second-order valence-corrected chi connectivity index (χ2v) is 5.17. The molecule has 0 atom stereocenters. The first-order valence-corrected chi connectivity index (χ1v) is 6.80. The van der Waals surface area contributed by atoms with Crippen molar-refractivity contribution in [2.75, 3.05) is 0 Å². The monoisotopic (exact) mass is 354 g/mol. The number of rotatable bonds is 3. The van der Waals surface area contributed by atoms with E-state index in [1.807, 2.05) is 30.3 Å². The molecule has 0 radical (unpaired) electrons. The van der Waals surface area contributed by atoms with Crippen molar-refractivity contribution < 1.29 is 18.0 Å². The van der Waals surface area contributed by atoms with Crippen LogP contribution in [-0.4, -0.2) is 6.29 Å². The smallest absolute Gasteiger partial charge is 0.298 e. The first-order valence-electron chi connectivity index (χ1n) is 6.01. The third-order valence-electron chi connectivity index (χ3n) is 2.86. The summed E-state index contributed by atoms with van der Waals surface area (Å²) in [6, 6.07) is 11.1. The van der Waals surface area contributed by atoms with Crippen molar-refractivity contribution in [2.24, 2.45) is 0 Å². The molecule has 2 aromatic rings. The van der Waals surface area contributed by atoms with Gasteiger partial charge in [0.25, 0.3) is 0 Å². The highest BCUT2D eigenvalue weighted by atomic mass is 79.9. The van der Waals surface area contributed by atoms with Crippen LogP contribution in [0, 0.1) is 0 Å². The van der Waals surface area contributed by atoms with Crippen LogP contribution in [0.4, 0.5) is 13.2 Å². The Morgan fingerprint density at radius 3 is 2.24 bits per heavy atom. The highest BCUT2D eigenvalue weighted by Gasteiger charge is 2.31. The van der Waals surface area contributed by atoms with Gasteiger partial charge in [-0.2, -0.15) is 13.2 Å². The van der Waals surface area contributed by atoms with Crippen LogP contribution < -0.4 is 0 Å². The van der Waals surface area contributed by atoms with Crippen molar-refractivity contribution in [1.82, 2.24) is 0 Å². The van der Waals surface area contributed by atoms with E-state index < -0.39 is 11.7 Å². The standard InChI is InChI=1S/C16H10BrF3O/c17-15-9-13(16(18,19)20)8-12(10-21)14(15)7-6-11-4-2-1-3-5-11/h1-10H. The molecule has 0 bridgehead atoms. The van der Waals surface area contributed by atoms with Gasteiger partial charge in [-0.3, -0.25) is 4.79 Å². The largest absolute Gasteiger partial charge is 0.416 e. The van der Waals surface area contributed by atoms with Crippen LogP contribution in [0.25, 0.3) is 12.2 Å². The molecule has 1 nitrogen and oxygen atoms in total. The second-order valence-electron chi connectivity index (χ2n) is 4.32. The zero-order valence-corrected chi connectivity index (χ0v) is 12.3. The number of carbonyl (C=O) groups is 1. The maximum absolute atomic E-state index is 12.7. The van der Waals surface area contributed by atoms with Crippen LogP contribution >= 0.6 is 15.9 Å². The molecule has 2 aromatic carbocycles. The average molecular weight is 355 g/mol. The van der Waals surface area contributed by atoms with Crippen molar-refractivity contribution in [3.8, 4) is 0 Å². The van der Waals surface area contributed by atoms with Crippen LogP contribution in [0.5, 0.6) is 0 Å². The Balaban J connectivity index is 2.45. The van der Waals surface area contributed by atoms with Crippen molar-refractivity contribution >= 4 is 34.4 Å². The molecular weight excluding hydrogens is 345 g/mol. The zero-order chi connectivity index (χ0) is 15.5. The Labute approximate surface area is 128 Å². The van der Waals surface area contributed by atoms with Gasteiger partial charge in [0, 0.05) is 10.0 Å². The molecule has 0 aromatic heterocycles. The van der Waals surface area contributed by atoms with E-state index in [1.54, 1.807) is 12.2 Å². The molecule has 0 saturated heterocycles. The molecule has 0 aliphatic rings. The summed E-state index contributed by atoms with van der Waals surface area (Å²) in [4.78, 5) is 11.0. The topological polar surface area (TPSA) is 17.1 Å². The molecule has 0 aliphatic carbocycles. The normalized spacial score (nSPS) is 11.8. The molecule has 0 saturated carbocycles. The zero-order valence-electron chi connectivity index (χ0n) is 10.7. The summed E-state index contributed by atoms with van der Waals surface area (Å²) in [6.45, 7) is 0. The number of halogens is 4. The van der Waals surface area contributed by atoms with Gasteiger partial charge in [-0.1, -0.05) is 58.4 Å². The molecular formula is C16H10BrF3O. The fourth-order valence-electron chi connectivity index (χ4n) is 1.82. The number of alkyl halides is 3. The summed E-state index contributed by atoms with van der Waals surface area (Å²) in [5.41, 5.74) is 0.445. The van der Waals surface area contributed by atoms with E-state index in [2.05, 4.69) is 15.9 Å². The van der Waals surface area contributed by atoms with E-state index in [1.165, 1.54) is 0 Å². The first kappa shape index (κ1) is 15.5. The summed E-state index contributed by atoms with van der Waals surface area (Å²) >= 11 is 3.09. The van der Waals surface area contributed by atoms with Crippen LogP contribution in [-0.2, 0) is 6.18 Å². The predicted molar refractivity (Wildman–Crippen MR) is 79.9 cm³/mol. The van der Waals surface area contributed by atoms with Gasteiger partial charge in [-0.15, -0.1) is 0 Å². The molecule has 0 fully saturated rings. The lowest BCUT2D eigenvalue weighted by molar-refractivity contribution is -0.137. The third-order valence-corrected chi connectivity index (χ3v) is 3.51. The van der Waals surface area contributed by atoms with E-state index in [9.17, 15) is 18.0 Å². The molecule has 2 rings (SSSR count). The maximum atomic E-state index is 12.7. The van der Waals surface area contributed by atoms with Crippen LogP contribution in [0.1, 0.15) is 27.0 Å². The lowest BCUT2D eigenvalue weighted by Crippen LogP contribution is -2.06. The number of hydrogen-bond acceptors (Lipinski definition) is 1. The second kappa shape index (κ2) is 6.26. The minimum Gasteiger partial charge on any atom is -0.298 e. The Morgan fingerprint density at radius 1 is 1.00 bits per heavy atom. The quantitative estimate of drug-likeness (QED) is 0.529. The van der Waals surface area contributed by atoms with Gasteiger partial charge in [0.2, 0.25) is 0 Å². The molecule has 0 unspecified atom stereocenters. The Bertz CT molecular complexity index is 676. The van der Waals surface area contributed by atoms with Crippen LogP contribution in [0.2, 0.25) is 0 Å². The van der Waals surface area contributed by atoms with E-state index in [-0.39, 0.29) is 10.0 Å². The maximum Gasteiger partial charge on any atom is 0.416 e. The number of carbonyl (C=O) groups excluding carboxylic acids is 1. The third kappa shape index (κ3) is 3.82. The molecule has 0 spiro atoms. The fraction of sp³-hybridized carbons (Fsp3) is 0.0625. The van der Waals surface area contributed by atoms with Crippen molar-refractivity contribution in [1.29, 1.82) is 0 Å². The van der Waals surface area contributed by atoms with Gasteiger partial charge in [0.15, 0.2) is 6.29 Å². The minimum atomic E-state index is -4.48. The SMILES string of the molecule is O=Cc1cc(C(F)(F)F)cc(Br)c1C=Cc1ccccc1. The summed E-state index contributed by atoms with van der Waals surface area (Å²) in [7, 11) is 0. The summed E-state index contributed by atoms with van der Waals surface area (Å²) in [6.07, 6.45) is -0.712. The van der Waals surface area contributed by atoms with Crippen molar-refractivity contribution in [3.05, 3.63) is 69.2 Å². The van der Waals surface area contributed by atoms with Gasteiger partial charge in [-0.25, -0.2) is 0 Å². The molecule has 0 aliphatic heterocycles. The van der Waals surface area contributed by atoms with E-state index in [4.69, 9.17) is 0 Å². The molecule has 0 N–H and O–H groups in total. The number of aldehydes is 1. The minimum absolute atomic E-state index is 0.0103. The summed E-state index contributed by atoms with van der Waals surface area (Å²) < 4.78 is 38.4. The molecule has 5 heteroatoms. The fourth-order valence-corrected chi connectivity index (χ4v) is 2.43. The summed E-state index contributed by atoms with van der Waals surface area (Å²) in [5.74, 6) is 0. The molecule has 0 heterocycles. The van der Waals surface area contributed by atoms with Gasteiger partial charge >= 0.3 is 6.18 Å². The molecule has 0 amide bonds.